The van der Waals surface area contributed by atoms with E-state index in [1.54, 1.807) is 55.5 Å². The Hall–Kier alpha value is -3.22. The first-order valence-corrected chi connectivity index (χ1v) is 10.2. The molecule has 3 rings (SSSR count). The van der Waals surface area contributed by atoms with Crippen LogP contribution in [0, 0.1) is 0 Å². The van der Waals surface area contributed by atoms with E-state index in [9.17, 15) is 14.7 Å². The first-order valence-electron chi connectivity index (χ1n) is 9.44. The maximum absolute atomic E-state index is 11.6. The van der Waals surface area contributed by atoms with Crippen molar-refractivity contribution in [3.05, 3.63) is 64.6 Å². The molecule has 0 aliphatic rings. The molecule has 0 aliphatic carbocycles. The van der Waals surface area contributed by atoms with Crippen molar-refractivity contribution in [3.63, 3.8) is 0 Å². The third-order valence-corrected chi connectivity index (χ3v) is 4.87. The third-order valence-electron chi connectivity index (χ3n) is 4.31. The number of carbonyl (C=O) groups excluding carboxylic acids is 2. The number of anilines is 2. The number of amides is 2. The molecule has 0 spiro atoms. The Morgan fingerprint density at radius 1 is 0.935 bits per heavy atom. The number of benzene rings is 3. The number of carbonyl (C=O) groups is 2. The molecule has 160 valence electrons. The molecule has 0 unspecified atom stereocenters. The van der Waals surface area contributed by atoms with E-state index in [0.29, 0.717) is 29.1 Å². The fourth-order valence-corrected chi connectivity index (χ4v) is 3.41. The average Bonchev–Trinajstić information content (AvgIpc) is 2.72. The molecule has 3 N–H and O–H groups in total. The Bertz CT molecular complexity index is 1110. The molecule has 6 nitrogen and oxygen atoms in total. The summed E-state index contributed by atoms with van der Waals surface area (Å²) in [4.78, 5) is 22.8. The topological polar surface area (TPSA) is 87.7 Å². The van der Waals surface area contributed by atoms with Crippen molar-refractivity contribution in [3.8, 4) is 28.4 Å². The minimum atomic E-state index is -0.167. The van der Waals surface area contributed by atoms with Crippen LogP contribution < -0.4 is 15.4 Å². The van der Waals surface area contributed by atoms with E-state index < -0.39 is 0 Å². The van der Waals surface area contributed by atoms with Crippen LogP contribution in [-0.2, 0) is 9.59 Å². The zero-order chi connectivity index (χ0) is 22.5. The summed E-state index contributed by atoms with van der Waals surface area (Å²) in [6, 6.07) is 14.9. The third kappa shape index (κ3) is 5.69. The van der Waals surface area contributed by atoms with Crippen molar-refractivity contribution in [2.45, 2.75) is 20.3 Å². The first kappa shape index (κ1) is 22.5. The molecule has 0 fully saturated rings. The van der Waals surface area contributed by atoms with Crippen LogP contribution >= 0.6 is 23.2 Å². The molecule has 0 aromatic heterocycles. The van der Waals surface area contributed by atoms with Gasteiger partial charge in [-0.15, -0.1) is 0 Å². The lowest BCUT2D eigenvalue weighted by Crippen LogP contribution is -2.09. The molecule has 31 heavy (non-hydrogen) atoms. The van der Waals surface area contributed by atoms with Crippen LogP contribution in [0.2, 0.25) is 10.0 Å². The van der Waals surface area contributed by atoms with Crippen LogP contribution in [0.5, 0.6) is 17.2 Å². The van der Waals surface area contributed by atoms with Gasteiger partial charge in [0.05, 0.1) is 10.0 Å². The van der Waals surface area contributed by atoms with Crippen molar-refractivity contribution < 1.29 is 19.4 Å². The number of aromatic hydroxyl groups is 1. The Balaban J connectivity index is 1.87. The summed E-state index contributed by atoms with van der Waals surface area (Å²) in [5.41, 5.74) is 2.38. The minimum absolute atomic E-state index is 0.0643. The number of hydrogen-bond acceptors (Lipinski definition) is 4. The predicted octanol–water partition coefficient (Wildman–Crippen LogP) is 6.47. The molecule has 2 amide bonds. The number of halogens is 2. The second kappa shape index (κ2) is 9.73. The summed E-state index contributed by atoms with van der Waals surface area (Å²) in [6.07, 6.45) is 0.329. The summed E-state index contributed by atoms with van der Waals surface area (Å²) < 4.78 is 5.88. The number of phenols is 1. The van der Waals surface area contributed by atoms with Crippen LogP contribution in [0.1, 0.15) is 20.3 Å². The van der Waals surface area contributed by atoms with Crippen LogP contribution in [0.25, 0.3) is 11.1 Å². The summed E-state index contributed by atoms with van der Waals surface area (Å²) >= 11 is 12.6. The van der Waals surface area contributed by atoms with Gasteiger partial charge >= 0.3 is 0 Å². The molecular formula is C23H20Cl2N2O4. The lowest BCUT2D eigenvalue weighted by molar-refractivity contribution is -0.116. The zero-order valence-corrected chi connectivity index (χ0v) is 18.3. The molecule has 0 heterocycles. The highest BCUT2D eigenvalue weighted by Crippen LogP contribution is 2.41. The Morgan fingerprint density at radius 2 is 1.58 bits per heavy atom. The second-order valence-corrected chi connectivity index (χ2v) is 7.52. The molecule has 0 radical (unpaired) electrons. The van der Waals surface area contributed by atoms with E-state index in [1.165, 1.54) is 13.0 Å². The van der Waals surface area contributed by atoms with E-state index in [1.807, 2.05) is 0 Å². The van der Waals surface area contributed by atoms with Gasteiger partial charge in [0.2, 0.25) is 11.8 Å². The number of ether oxygens (including phenoxy) is 1. The quantitative estimate of drug-likeness (QED) is 0.395. The first-order chi connectivity index (χ1) is 14.8. The van der Waals surface area contributed by atoms with Crippen molar-refractivity contribution >= 4 is 46.4 Å². The van der Waals surface area contributed by atoms with Gasteiger partial charge in [-0.2, -0.15) is 0 Å². The van der Waals surface area contributed by atoms with E-state index >= 15 is 0 Å². The maximum atomic E-state index is 11.6. The minimum Gasteiger partial charge on any atom is -0.507 e. The number of nitrogens with one attached hydrogen (secondary N) is 2. The molecular weight excluding hydrogens is 439 g/mol. The molecule has 3 aromatic carbocycles. The highest BCUT2D eigenvalue weighted by Gasteiger charge is 2.14. The standard InChI is InChI=1S/C23H20Cl2N2O4/c1-3-22(30)27-16-10-19(24)23(20(25)11-16)31-17-8-9-21(29)18(12-17)14-4-6-15(7-5-14)26-13(2)28/h4-12,29H,3H2,1-2H3,(H,26,28)(H,27,30). The molecule has 0 aliphatic heterocycles. The van der Waals surface area contributed by atoms with E-state index in [2.05, 4.69) is 10.6 Å². The monoisotopic (exact) mass is 458 g/mol. The molecule has 0 saturated carbocycles. The average molecular weight is 459 g/mol. The fraction of sp³-hybridized carbons (Fsp3) is 0.130. The van der Waals surface area contributed by atoms with Gasteiger partial charge in [0, 0.05) is 30.3 Å². The van der Waals surface area contributed by atoms with Gasteiger partial charge in [0.1, 0.15) is 11.5 Å². The van der Waals surface area contributed by atoms with Gasteiger partial charge in [-0.25, -0.2) is 0 Å². The zero-order valence-electron chi connectivity index (χ0n) is 16.8. The van der Waals surface area contributed by atoms with Crippen molar-refractivity contribution in [2.24, 2.45) is 0 Å². The van der Waals surface area contributed by atoms with Crippen LogP contribution in [0.4, 0.5) is 11.4 Å². The number of rotatable bonds is 6. The van der Waals surface area contributed by atoms with Crippen molar-refractivity contribution in [1.29, 1.82) is 0 Å². The largest absolute Gasteiger partial charge is 0.507 e. The van der Waals surface area contributed by atoms with Gasteiger partial charge < -0.3 is 20.5 Å². The number of phenolic OH excluding ortho intramolecular Hbond substituents is 1. The SMILES string of the molecule is CCC(=O)Nc1cc(Cl)c(Oc2ccc(O)c(-c3ccc(NC(C)=O)cc3)c2)c(Cl)c1. The highest BCUT2D eigenvalue weighted by atomic mass is 35.5. The van der Waals surface area contributed by atoms with Crippen LogP contribution in [0.3, 0.4) is 0 Å². The van der Waals surface area contributed by atoms with Crippen molar-refractivity contribution in [1.82, 2.24) is 0 Å². The summed E-state index contributed by atoms with van der Waals surface area (Å²) in [6.45, 7) is 3.17. The lowest BCUT2D eigenvalue weighted by atomic mass is 10.0. The highest BCUT2D eigenvalue weighted by molar-refractivity contribution is 6.37. The number of hydrogen-bond donors (Lipinski definition) is 3. The van der Waals surface area contributed by atoms with E-state index in [4.69, 9.17) is 27.9 Å². The summed E-state index contributed by atoms with van der Waals surface area (Å²) in [5.74, 6) is 0.381. The normalized spacial score (nSPS) is 10.5. The molecule has 0 atom stereocenters. The predicted molar refractivity (Wildman–Crippen MR) is 123 cm³/mol. The van der Waals surface area contributed by atoms with E-state index in [0.717, 1.165) is 5.56 Å². The van der Waals surface area contributed by atoms with Crippen molar-refractivity contribution in [2.75, 3.05) is 10.6 Å². The Kier molecular flexibility index (Phi) is 7.05. The lowest BCUT2D eigenvalue weighted by Gasteiger charge is -2.14. The summed E-state index contributed by atoms with van der Waals surface area (Å²) in [5, 5.41) is 16.2. The molecule has 0 bridgehead atoms. The molecule has 0 saturated heterocycles. The Labute approximate surface area is 189 Å². The Morgan fingerprint density at radius 3 is 2.16 bits per heavy atom. The van der Waals surface area contributed by atoms with Gasteiger partial charge in [0.25, 0.3) is 0 Å². The summed E-state index contributed by atoms with van der Waals surface area (Å²) in [7, 11) is 0. The van der Waals surface area contributed by atoms with Crippen LogP contribution in [0.15, 0.2) is 54.6 Å². The van der Waals surface area contributed by atoms with Gasteiger partial charge in [-0.3, -0.25) is 9.59 Å². The van der Waals surface area contributed by atoms with Crippen LogP contribution in [-0.4, -0.2) is 16.9 Å². The maximum Gasteiger partial charge on any atom is 0.224 e. The molecule has 8 heteroatoms. The smallest absolute Gasteiger partial charge is 0.224 e. The fourth-order valence-electron chi connectivity index (χ4n) is 2.84. The van der Waals surface area contributed by atoms with E-state index in [-0.39, 0.29) is 33.4 Å². The second-order valence-electron chi connectivity index (χ2n) is 6.71. The van der Waals surface area contributed by atoms with Gasteiger partial charge in [-0.05, 0) is 48.0 Å². The van der Waals surface area contributed by atoms with Gasteiger partial charge in [-0.1, -0.05) is 42.3 Å². The molecule has 3 aromatic rings. The van der Waals surface area contributed by atoms with Gasteiger partial charge in [0.15, 0.2) is 5.75 Å².